The molecule has 0 fully saturated rings. The first-order valence-electron chi connectivity index (χ1n) is 8.88. The molecule has 9 heteroatoms. The predicted molar refractivity (Wildman–Crippen MR) is 111 cm³/mol. The average Bonchev–Trinajstić information content (AvgIpc) is 3.30. The number of hydrogen-bond acceptors (Lipinski definition) is 6. The molecule has 0 radical (unpaired) electrons. The molecule has 2 aliphatic heterocycles. The van der Waals surface area contributed by atoms with Crippen LogP contribution in [0.4, 0.5) is 0 Å². The molecule has 0 spiro atoms. The van der Waals surface area contributed by atoms with E-state index >= 15 is 0 Å². The van der Waals surface area contributed by atoms with Crippen molar-refractivity contribution >= 4 is 35.0 Å². The minimum absolute atomic E-state index is 0.0138. The minimum Gasteiger partial charge on any atom is -0.496 e. The summed E-state index contributed by atoms with van der Waals surface area (Å²) in [5, 5.41) is 13.1. The highest BCUT2D eigenvalue weighted by atomic mass is 35.5. The summed E-state index contributed by atoms with van der Waals surface area (Å²) < 4.78 is 11.2. The van der Waals surface area contributed by atoms with Crippen LogP contribution >= 0.6 is 23.2 Å². The fraction of sp³-hybridized carbons (Fsp3) is 0.200. The molecule has 0 saturated carbocycles. The van der Waals surface area contributed by atoms with Crippen LogP contribution < -0.4 is 15.4 Å². The Bertz CT molecular complexity index is 1040. The van der Waals surface area contributed by atoms with E-state index in [1.165, 1.54) is 7.11 Å². The summed E-state index contributed by atoms with van der Waals surface area (Å²) in [6.45, 7) is 2.29. The van der Waals surface area contributed by atoms with Gasteiger partial charge < -0.3 is 20.1 Å². The Kier molecular flexibility index (Phi) is 5.25. The van der Waals surface area contributed by atoms with Crippen LogP contribution in [0, 0.1) is 0 Å². The summed E-state index contributed by atoms with van der Waals surface area (Å²) in [6, 6.07) is 10.3. The maximum absolute atomic E-state index is 12.6. The zero-order chi connectivity index (χ0) is 20.5. The SMILES string of the molecule is COc1cc(C(=O)NCc2ccc(Cl)c(Cl)c2)ccc1C1=NN2C(=CNC2C)O1. The molecule has 0 aliphatic carbocycles. The average molecular weight is 433 g/mol. The van der Waals surface area contributed by atoms with Gasteiger partial charge in [0.15, 0.2) is 0 Å². The number of halogens is 2. The molecule has 7 nitrogen and oxygen atoms in total. The molecule has 1 atom stereocenters. The first-order chi connectivity index (χ1) is 14.0. The lowest BCUT2D eigenvalue weighted by Gasteiger charge is -2.12. The number of methoxy groups -OCH3 is 1. The number of nitrogens with zero attached hydrogens (tertiary/aromatic N) is 2. The topological polar surface area (TPSA) is 75.2 Å². The van der Waals surface area contributed by atoms with Gasteiger partial charge >= 0.3 is 0 Å². The Balaban J connectivity index is 1.49. The summed E-state index contributed by atoms with van der Waals surface area (Å²) in [7, 11) is 1.54. The van der Waals surface area contributed by atoms with Crippen molar-refractivity contribution in [3.05, 3.63) is 75.2 Å². The third kappa shape index (κ3) is 3.83. The number of amides is 1. The van der Waals surface area contributed by atoms with Gasteiger partial charge in [0.25, 0.3) is 5.91 Å². The molecule has 2 N–H and O–H groups in total. The van der Waals surface area contributed by atoms with Gasteiger partial charge in [-0.1, -0.05) is 29.3 Å². The van der Waals surface area contributed by atoms with Crippen molar-refractivity contribution in [2.75, 3.05) is 7.11 Å². The molecule has 0 saturated heterocycles. The molecule has 0 bridgehead atoms. The third-order valence-corrected chi connectivity index (χ3v) is 5.31. The lowest BCUT2D eigenvalue weighted by atomic mass is 10.1. The van der Waals surface area contributed by atoms with Crippen molar-refractivity contribution in [1.29, 1.82) is 0 Å². The van der Waals surface area contributed by atoms with Gasteiger partial charge in [-0.15, -0.1) is 5.10 Å². The fourth-order valence-corrected chi connectivity index (χ4v) is 3.32. The molecule has 0 aromatic heterocycles. The van der Waals surface area contributed by atoms with Crippen LogP contribution in [-0.4, -0.2) is 30.1 Å². The Hall–Kier alpha value is -2.90. The monoisotopic (exact) mass is 432 g/mol. The van der Waals surface area contributed by atoms with E-state index < -0.39 is 0 Å². The molecule has 1 amide bonds. The van der Waals surface area contributed by atoms with Crippen molar-refractivity contribution in [3.63, 3.8) is 0 Å². The molecule has 150 valence electrons. The highest BCUT2D eigenvalue weighted by molar-refractivity contribution is 6.42. The molecular formula is C20H18Cl2N4O3. The van der Waals surface area contributed by atoms with Crippen LogP contribution in [0.25, 0.3) is 0 Å². The molecule has 2 aromatic carbocycles. The van der Waals surface area contributed by atoms with Gasteiger partial charge in [0.2, 0.25) is 11.8 Å². The Morgan fingerprint density at radius 1 is 1.28 bits per heavy atom. The summed E-state index contributed by atoms with van der Waals surface area (Å²) >= 11 is 11.9. The molecule has 4 rings (SSSR count). The van der Waals surface area contributed by atoms with E-state index in [0.29, 0.717) is 45.2 Å². The van der Waals surface area contributed by atoms with Gasteiger partial charge in [-0.3, -0.25) is 4.79 Å². The molecule has 29 heavy (non-hydrogen) atoms. The van der Waals surface area contributed by atoms with Gasteiger partial charge in [-0.2, -0.15) is 0 Å². The van der Waals surface area contributed by atoms with Gasteiger partial charge in [-0.25, -0.2) is 5.01 Å². The van der Waals surface area contributed by atoms with Crippen LogP contribution in [0.15, 0.2) is 53.6 Å². The third-order valence-electron chi connectivity index (χ3n) is 4.57. The van der Waals surface area contributed by atoms with Crippen LogP contribution in [-0.2, 0) is 11.3 Å². The van der Waals surface area contributed by atoms with Crippen LogP contribution in [0.2, 0.25) is 10.0 Å². The maximum Gasteiger partial charge on any atom is 0.251 e. The summed E-state index contributed by atoms with van der Waals surface area (Å²) in [4.78, 5) is 12.6. The molecule has 2 aromatic rings. The van der Waals surface area contributed by atoms with E-state index in [1.54, 1.807) is 41.5 Å². The van der Waals surface area contributed by atoms with Gasteiger partial charge in [0.05, 0.1) is 28.9 Å². The van der Waals surface area contributed by atoms with Gasteiger partial charge in [-0.05, 0) is 42.8 Å². The first-order valence-corrected chi connectivity index (χ1v) is 9.64. The number of hydrazone groups is 1. The number of carbonyl (C=O) groups excluding carboxylic acids is 1. The van der Waals surface area contributed by atoms with Crippen molar-refractivity contribution < 1.29 is 14.3 Å². The van der Waals surface area contributed by atoms with E-state index in [4.69, 9.17) is 32.7 Å². The summed E-state index contributed by atoms with van der Waals surface area (Å²) in [5.41, 5.74) is 1.97. The number of rotatable bonds is 5. The largest absolute Gasteiger partial charge is 0.496 e. The molecular weight excluding hydrogens is 415 g/mol. The normalized spacial score (nSPS) is 17.1. The van der Waals surface area contributed by atoms with Crippen molar-refractivity contribution in [3.8, 4) is 5.75 Å². The second kappa shape index (κ2) is 7.85. The fourth-order valence-electron chi connectivity index (χ4n) is 3.00. The predicted octanol–water partition coefficient (Wildman–Crippen LogP) is 3.67. The van der Waals surface area contributed by atoms with E-state index in [2.05, 4.69) is 15.7 Å². The smallest absolute Gasteiger partial charge is 0.251 e. The number of nitrogens with one attached hydrogen (secondary N) is 2. The molecule has 2 aliphatic rings. The minimum atomic E-state index is -0.239. The summed E-state index contributed by atoms with van der Waals surface area (Å²) in [5.74, 6) is 1.30. The zero-order valence-corrected chi connectivity index (χ0v) is 17.2. The number of carbonyl (C=O) groups is 1. The lowest BCUT2D eigenvalue weighted by molar-refractivity contribution is 0.0950. The van der Waals surface area contributed by atoms with E-state index in [1.807, 2.05) is 13.0 Å². The van der Waals surface area contributed by atoms with Crippen molar-refractivity contribution in [1.82, 2.24) is 15.6 Å². The molecule has 2 heterocycles. The highest BCUT2D eigenvalue weighted by Gasteiger charge is 2.32. The second-order valence-electron chi connectivity index (χ2n) is 6.52. The van der Waals surface area contributed by atoms with E-state index in [0.717, 1.165) is 5.56 Å². The Morgan fingerprint density at radius 2 is 2.10 bits per heavy atom. The van der Waals surface area contributed by atoms with Crippen LogP contribution in [0.5, 0.6) is 5.75 Å². The van der Waals surface area contributed by atoms with E-state index in [-0.39, 0.29) is 12.1 Å². The van der Waals surface area contributed by atoms with Crippen molar-refractivity contribution in [2.45, 2.75) is 19.6 Å². The number of hydrogen-bond donors (Lipinski definition) is 2. The standard InChI is InChI=1S/C20H18Cl2N4O3/c1-11-23-10-18-26(11)25-20(29-18)14-5-4-13(8-17(14)28-2)19(27)24-9-12-3-6-15(21)16(22)7-12/h3-8,10-11,23H,9H2,1-2H3,(H,24,27). The van der Waals surface area contributed by atoms with Crippen molar-refractivity contribution in [2.24, 2.45) is 5.10 Å². The maximum atomic E-state index is 12.6. The number of benzene rings is 2. The van der Waals surface area contributed by atoms with Crippen LogP contribution in [0.1, 0.15) is 28.4 Å². The lowest BCUT2D eigenvalue weighted by Crippen LogP contribution is -2.28. The Morgan fingerprint density at radius 3 is 2.83 bits per heavy atom. The summed E-state index contributed by atoms with van der Waals surface area (Å²) in [6.07, 6.45) is 1.78. The number of fused-ring (bicyclic) bond motifs is 1. The highest BCUT2D eigenvalue weighted by Crippen LogP contribution is 2.29. The number of ether oxygens (including phenoxy) is 2. The quantitative estimate of drug-likeness (QED) is 0.753. The zero-order valence-electron chi connectivity index (χ0n) is 15.7. The van der Waals surface area contributed by atoms with Crippen LogP contribution in [0.3, 0.4) is 0 Å². The van der Waals surface area contributed by atoms with Gasteiger partial charge in [0.1, 0.15) is 11.9 Å². The van der Waals surface area contributed by atoms with Gasteiger partial charge in [0, 0.05) is 12.1 Å². The molecule has 1 unspecified atom stereocenters. The first kappa shape index (κ1) is 19.4. The second-order valence-corrected chi connectivity index (χ2v) is 7.34. The van der Waals surface area contributed by atoms with E-state index in [9.17, 15) is 4.79 Å². The Labute approximate surface area is 177 Å².